The van der Waals surface area contributed by atoms with Crippen molar-refractivity contribution in [3.63, 3.8) is 0 Å². The number of amides is 1. The Hall–Kier alpha value is -3.42. The first-order valence-corrected chi connectivity index (χ1v) is 10.1. The zero-order valence-corrected chi connectivity index (χ0v) is 18.5. The van der Waals surface area contributed by atoms with E-state index in [1.807, 2.05) is 0 Å². The van der Waals surface area contributed by atoms with E-state index in [9.17, 15) is 14.7 Å². The molecule has 1 atom stereocenters. The van der Waals surface area contributed by atoms with Gasteiger partial charge in [0, 0.05) is 23.8 Å². The molecule has 1 aromatic heterocycles. The van der Waals surface area contributed by atoms with Gasteiger partial charge in [-0.25, -0.2) is 0 Å². The summed E-state index contributed by atoms with van der Waals surface area (Å²) in [6, 6.07) is 11.4. The number of halogens is 2. The molecule has 4 rings (SSSR count). The highest BCUT2D eigenvalue weighted by atomic mass is 35.5. The van der Waals surface area contributed by atoms with Gasteiger partial charge in [-0.2, -0.15) is 0 Å². The lowest BCUT2D eigenvalue weighted by atomic mass is 9.99. The van der Waals surface area contributed by atoms with Gasteiger partial charge in [-0.05, 0) is 30.3 Å². The first kappa shape index (κ1) is 21.8. The number of carbonyl (C=O) groups is 2. The minimum atomic E-state index is -1.03. The van der Waals surface area contributed by atoms with E-state index in [1.165, 1.54) is 43.6 Å². The monoisotopic (exact) mass is 473 g/mol. The molecule has 1 aliphatic rings. The van der Waals surface area contributed by atoms with Crippen molar-refractivity contribution in [2.75, 3.05) is 19.1 Å². The zero-order valence-electron chi connectivity index (χ0n) is 17.0. The third-order valence-corrected chi connectivity index (χ3v) is 5.80. The van der Waals surface area contributed by atoms with Crippen LogP contribution in [0.2, 0.25) is 10.0 Å². The Morgan fingerprint density at radius 2 is 1.69 bits per heavy atom. The molecule has 164 valence electrons. The Morgan fingerprint density at radius 1 is 1.00 bits per heavy atom. The van der Waals surface area contributed by atoms with E-state index in [1.54, 1.807) is 30.3 Å². The molecule has 0 aliphatic carbocycles. The van der Waals surface area contributed by atoms with Gasteiger partial charge in [-0.15, -0.1) is 0 Å². The van der Waals surface area contributed by atoms with Crippen molar-refractivity contribution in [3.05, 3.63) is 81.7 Å². The van der Waals surface area contributed by atoms with Gasteiger partial charge in [-0.3, -0.25) is 14.5 Å². The Morgan fingerprint density at radius 3 is 2.25 bits per heavy atom. The van der Waals surface area contributed by atoms with Gasteiger partial charge in [0.25, 0.3) is 11.7 Å². The molecule has 1 fully saturated rings. The summed E-state index contributed by atoms with van der Waals surface area (Å²) >= 11 is 12.1. The minimum Gasteiger partial charge on any atom is -0.507 e. The summed E-state index contributed by atoms with van der Waals surface area (Å²) in [5, 5.41) is 11.5. The third-order valence-electron chi connectivity index (χ3n) is 5.06. The van der Waals surface area contributed by atoms with E-state index in [2.05, 4.69) is 0 Å². The van der Waals surface area contributed by atoms with E-state index in [0.717, 1.165) is 0 Å². The highest BCUT2D eigenvalue weighted by molar-refractivity contribution is 6.51. The van der Waals surface area contributed by atoms with Crippen LogP contribution in [0.25, 0.3) is 5.76 Å². The van der Waals surface area contributed by atoms with Crippen LogP contribution < -0.4 is 14.4 Å². The van der Waals surface area contributed by atoms with Crippen molar-refractivity contribution >= 4 is 46.3 Å². The van der Waals surface area contributed by atoms with Gasteiger partial charge in [0.05, 0.1) is 41.8 Å². The minimum absolute atomic E-state index is 0.148. The summed E-state index contributed by atoms with van der Waals surface area (Å²) in [7, 11) is 2.95. The number of nitrogens with zero attached hydrogens (tertiary/aromatic N) is 1. The fourth-order valence-corrected chi connectivity index (χ4v) is 3.84. The number of anilines is 1. The SMILES string of the molecule is COc1cc(OC)cc(N2C(=O)C(=O)/C(=C(\O)c3ccc(Cl)c(Cl)c3)C2c2ccco2)c1. The van der Waals surface area contributed by atoms with E-state index >= 15 is 0 Å². The number of aliphatic hydroxyl groups excluding tert-OH is 1. The molecule has 0 radical (unpaired) electrons. The van der Waals surface area contributed by atoms with Gasteiger partial charge in [0.15, 0.2) is 0 Å². The number of benzene rings is 2. The summed E-state index contributed by atoms with van der Waals surface area (Å²) in [6.07, 6.45) is 1.42. The third kappa shape index (κ3) is 3.70. The molecular weight excluding hydrogens is 457 g/mol. The van der Waals surface area contributed by atoms with Crippen LogP contribution in [0.3, 0.4) is 0 Å². The second-order valence-corrected chi connectivity index (χ2v) is 7.70. The average Bonchev–Trinajstić information content (AvgIpc) is 3.41. The van der Waals surface area contributed by atoms with Crippen LogP contribution in [0, 0.1) is 0 Å². The van der Waals surface area contributed by atoms with Gasteiger partial charge in [-0.1, -0.05) is 23.2 Å². The standard InChI is InChI=1S/C23H17Cl2NO6/c1-30-14-9-13(10-15(11-14)31-2)26-20(18-4-3-7-32-18)19(22(28)23(26)29)21(27)12-5-6-16(24)17(25)8-12/h3-11,20,27H,1-2H3/b21-19-. The van der Waals surface area contributed by atoms with Crippen molar-refractivity contribution < 1.29 is 28.6 Å². The van der Waals surface area contributed by atoms with Crippen LogP contribution in [-0.2, 0) is 9.59 Å². The fraction of sp³-hybridized carbons (Fsp3) is 0.130. The number of rotatable bonds is 5. The van der Waals surface area contributed by atoms with Gasteiger partial charge in [0.1, 0.15) is 29.1 Å². The van der Waals surface area contributed by atoms with E-state index in [0.29, 0.717) is 17.2 Å². The molecule has 0 spiro atoms. The number of hydrogen-bond donors (Lipinski definition) is 1. The summed E-state index contributed by atoms with van der Waals surface area (Å²) in [5.74, 6) is -0.999. The molecular formula is C23H17Cl2NO6. The number of methoxy groups -OCH3 is 2. The first-order chi connectivity index (χ1) is 15.3. The molecule has 2 heterocycles. The number of hydrogen-bond acceptors (Lipinski definition) is 6. The maximum Gasteiger partial charge on any atom is 0.300 e. The number of aliphatic hydroxyl groups is 1. The number of furan rings is 1. The lowest BCUT2D eigenvalue weighted by Gasteiger charge is -2.24. The summed E-state index contributed by atoms with van der Waals surface area (Å²) in [4.78, 5) is 27.5. The predicted molar refractivity (Wildman–Crippen MR) is 119 cm³/mol. The normalized spacial score (nSPS) is 17.6. The van der Waals surface area contributed by atoms with Crippen LogP contribution >= 0.6 is 23.2 Å². The number of ketones is 1. The van der Waals surface area contributed by atoms with Crippen molar-refractivity contribution in [1.29, 1.82) is 0 Å². The molecule has 9 heteroatoms. The molecule has 7 nitrogen and oxygen atoms in total. The Labute approximate surface area is 193 Å². The quantitative estimate of drug-likeness (QED) is 0.310. The molecule has 2 aromatic carbocycles. The topological polar surface area (TPSA) is 89.2 Å². The van der Waals surface area contributed by atoms with Crippen LogP contribution in [0.5, 0.6) is 11.5 Å². The van der Waals surface area contributed by atoms with E-state index < -0.39 is 23.5 Å². The average molecular weight is 474 g/mol. The molecule has 0 bridgehead atoms. The molecule has 1 unspecified atom stereocenters. The molecule has 3 aromatic rings. The molecule has 1 N–H and O–H groups in total. The Kier molecular flexibility index (Phi) is 5.86. The Bertz CT molecular complexity index is 1210. The molecule has 1 aliphatic heterocycles. The fourth-order valence-electron chi connectivity index (χ4n) is 3.55. The smallest absolute Gasteiger partial charge is 0.300 e. The van der Waals surface area contributed by atoms with Crippen molar-refractivity contribution in [1.82, 2.24) is 0 Å². The molecule has 1 saturated heterocycles. The summed E-state index contributed by atoms with van der Waals surface area (Å²) < 4.78 is 16.1. The van der Waals surface area contributed by atoms with Crippen molar-refractivity contribution in [2.24, 2.45) is 0 Å². The van der Waals surface area contributed by atoms with E-state index in [4.69, 9.17) is 37.1 Å². The van der Waals surface area contributed by atoms with Gasteiger partial charge in [0.2, 0.25) is 0 Å². The van der Waals surface area contributed by atoms with Crippen molar-refractivity contribution in [3.8, 4) is 11.5 Å². The molecule has 1 amide bonds. The summed E-state index contributed by atoms with van der Waals surface area (Å²) in [6.45, 7) is 0. The van der Waals surface area contributed by atoms with Crippen LogP contribution in [0.15, 0.2) is 64.8 Å². The number of ether oxygens (including phenoxy) is 2. The highest BCUT2D eigenvalue weighted by Crippen LogP contribution is 2.44. The second kappa shape index (κ2) is 8.61. The van der Waals surface area contributed by atoms with Crippen molar-refractivity contribution in [2.45, 2.75) is 6.04 Å². The maximum absolute atomic E-state index is 13.1. The highest BCUT2D eigenvalue weighted by Gasteiger charge is 2.48. The maximum atomic E-state index is 13.1. The van der Waals surface area contributed by atoms with E-state index in [-0.39, 0.29) is 26.9 Å². The van der Waals surface area contributed by atoms with Gasteiger partial charge >= 0.3 is 0 Å². The number of Topliss-reactive ketones (excluding diaryl/α,β-unsaturated/α-hetero) is 1. The molecule has 32 heavy (non-hydrogen) atoms. The number of carbonyl (C=O) groups excluding carboxylic acids is 2. The Balaban J connectivity index is 1.94. The largest absolute Gasteiger partial charge is 0.507 e. The second-order valence-electron chi connectivity index (χ2n) is 6.88. The van der Waals surface area contributed by atoms with Gasteiger partial charge < -0.3 is 19.0 Å². The first-order valence-electron chi connectivity index (χ1n) is 9.38. The lowest BCUT2D eigenvalue weighted by molar-refractivity contribution is -0.132. The lowest BCUT2D eigenvalue weighted by Crippen LogP contribution is -2.29. The predicted octanol–water partition coefficient (Wildman–Crippen LogP) is 5.23. The van der Waals surface area contributed by atoms with Crippen LogP contribution in [0.4, 0.5) is 5.69 Å². The van der Waals surface area contributed by atoms with Crippen LogP contribution in [0.1, 0.15) is 17.4 Å². The summed E-state index contributed by atoms with van der Waals surface area (Å²) in [5.41, 5.74) is 0.417. The van der Waals surface area contributed by atoms with Crippen LogP contribution in [-0.4, -0.2) is 31.0 Å². The molecule has 0 saturated carbocycles. The zero-order chi connectivity index (χ0) is 23.0.